The summed E-state index contributed by atoms with van der Waals surface area (Å²) < 4.78 is 5.66. The Labute approximate surface area is 131 Å². The van der Waals surface area contributed by atoms with E-state index in [4.69, 9.17) is 4.74 Å². The fraction of sp³-hybridized carbons (Fsp3) is 0.474. The SMILES string of the molecule is CN1C2COCC1CC(O)(Cc1ccc3ccccc3c1)C2. The van der Waals surface area contributed by atoms with Crippen LogP contribution in [0, 0.1) is 0 Å². The Hall–Kier alpha value is -1.42. The van der Waals surface area contributed by atoms with Crippen LogP contribution in [0.4, 0.5) is 0 Å². The first-order valence-corrected chi connectivity index (χ1v) is 8.13. The Kier molecular flexibility index (Phi) is 3.44. The number of piperidine rings is 1. The van der Waals surface area contributed by atoms with E-state index < -0.39 is 5.60 Å². The molecule has 0 saturated carbocycles. The van der Waals surface area contributed by atoms with E-state index in [-0.39, 0.29) is 0 Å². The average Bonchev–Trinajstić information content (AvgIpc) is 2.49. The molecule has 2 bridgehead atoms. The van der Waals surface area contributed by atoms with Crippen molar-refractivity contribution in [3.05, 3.63) is 48.0 Å². The smallest absolute Gasteiger partial charge is 0.0719 e. The predicted octanol–water partition coefficient (Wildman–Crippen LogP) is 2.61. The highest BCUT2D eigenvalue weighted by Crippen LogP contribution is 2.36. The molecule has 3 nitrogen and oxygen atoms in total. The topological polar surface area (TPSA) is 32.7 Å². The monoisotopic (exact) mass is 297 g/mol. The lowest BCUT2D eigenvalue weighted by Gasteiger charge is -2.50. The summed E-state index contributed by atoms with van der Waals surface area (Å²) in [4.78, 5) is 2.39. The lowest BCUT2D eigenvalue weighted by Crippen LogP contribution is -2.60. The third kappa shape index (κ3) is 2.54. The van der Waals surface area contributed by atoms with Crippen molar-refractivity contribution in [1.82, 2.24) is 4.90 Å². The first-order valence-electron chi connectivity index (χ1n) is 8.13. The molecule has 2 saturated heterocycles. The van der Waals surface area contributed by atoms with Crippen LogP contribution in [-0.2, 0) is 11.2 Å². The minimum atomic E-state index is -0.603. The molecule has 3 heteroatoms. The summed E-state index contributed by atoms with van der Waals surface area (Å²) in [5.41, 5.74) is 0.624. The van der Waals surface area contributed by atoms with Crippen molar-refractivity contribution in [2.75, 3.05) is 20.3 Å². The molecule has 0 spiro atoms. The van der Waals surface area contributed by atoms with Crippen molar-refractivity contribution in [3.63, 3.8) is 0 Å². The summed E-state index contributed by atoms with van der Waals surface area (Å²) in [6.07, 6.45) is 2.33. The largest absolute Gasteiger partial charge is 0.389 e. The number of ether oxygens (including phenoxy) is 1. The number of likely N-dealkylation sites (N-methyl/N-ethyl adjacent to an activating group) is 1. The molecule has 4 rings (SSSR count). The second-order valence-corrected chi connectivity index (χ2v) is 7.00. The highest BCUT2D eigenvalue weighted by atomic mass is 16.5. The highest BCUT2D eigenvalue weighted by Gasteiger charge is 2.44. The second-order valence-electron chi connectivity index (χ2n) is 7.00. The molecule has 2 atom stereocenters. The van der Waals surface area contributed by atoms with Crippen LogP contribution < -0.4 is 0 Å². The molecule has 0 amide bonds. The van der Waals surface area contributed by atoms with Crippen LogP contribution in [-0.4, -0.2) is 48.0 Å². The van der Waals surface area contributed by atoms with Crippen molar-refractivity contribution in [2.45, 2.75) is 36.9 Å². The van der Waals surface area contributed by atoms with E-state index in [1.54, 1.807) is 0 Å². The number of fused-ring (bicyclic) bond motifs is 3. The molecule has 2 aliphatic rings. The Balaban J connectivity index is 1.58. The Bertz CT molecular complexity index is 670. The van der Waals surface area contributed by atoms with Crippen LogP contribution in [0.1, 0.15) is 18.4 Å². The van der Waals surface area contributed by atoms with Gasteiger partial charge in [-0.2, -0.15) is 0 Å². The maximum Gasteiger partial charge on any atom is 0.0719 e. The quantitative estimate of drug-likeness (QED) is 0.925. The summed E-state index contributed by atoms with van der Waals surface area (Å²) in [6, 6.07) is 15.6. The van der Waals surface area contributed by atoms with Gasteiger partial charge in [0.2, 0.25) is 0 Å². The summed E-state index contributed by atoms with van der Waals surface area (Å²) in [7, 11) is 2.16. The third-order valence-corrected chi connectivity index (χ3v) is 5.35. The molecule has 2 heterocycles. The van der Waals surface area contributed by atoms with Gasteiger partial charge in [-0.15, -0.1) is 0 Å². The van der Waals surface area contributed by atoms with Gasteiger partial charge in [0.1, 0.15) is 0 Å². The maximum absolute atomic E-state index is 11.1. The zero-order chi connectivity index (χ0) is 15.2. The summed E-state index contributed by atoms with van der Waals surface area (Å²) in [5, 5.41) is 13.6. The Morgan fingerprint density at radius 3 is 2.50 bits per heavy atom. The van der Waals surface area contributed by atoms with Crippen molar-refractivity contribution < 1.29 is 9.84 Å². The summed E-state index contributed by atoms with van der Waals surface area (Å²) >= 11 is 0. The Morgan fingerprint density at radius 1 is 1.09 bits per heavy atom. The number of nitrogens with zero attached hydrogens (tertiary/aromatic N) is 1. The first-order chi connectivity index (χ1) is 10.6. The zero-order valence-electron chi connectivity index (χ0n) is 13.0. The maximum atomic E-state index is 11.1. The molecule has 2 aromatic carbocycles. The van der Waals surface area contributed by atoms with Crippen LogP contribution in [0.3, 0.4) is 0 Å². The standard InChI is InChI=1S/C19H23NO2/c1-20-17-10-19(21,11-18(20)13-22-12-17)9-14-6-7-15-4-2-3-5-16(15)8-14/h2-8,17-18,21H,9-13H2,1H3. The van der Waals surface area contributed by atoms with Crippen LogP contribution in [0.2, 0.25) is 0 Å². The normalized spacial score (nSPS) is 32.3. The fourth-order valence-corrected chi connectivity index (χ4v) is 4.11. The minimum absolute atomic E-state index is 0.345. The van der Waals surface area contributed by atoms with Crippen LogP contribution in [0.5, 0.6) is 0 Å². The van der Waals surface area contributed by atoms with Gasteiger partial charge in [-0.25, -0.2) is 0 Å². The van der Waals surface area contributed by atoms with Gasteiger partial charge < -0.3 is 9.84 Å². The molecular weight excluding hydrogens is 274 g/mol. The molecule has 0 radical (unpaired) electrons. The van der Waals surface area contributed by atoms with E-state index in [0.29, 0.717) is 12.1 Å². The van der Waals surface area contributed by atoms with Gasteiger partial charge in [-0.05, 0) is 36.2 Å². The number of hydrogen-bond donors (Lipinski definition) is 1. The summed E-state index contributed by atoms with van der Waals surface area (Å²) in [6.45, 7) is 1.49. The third-order valence-electron chi connectivity index (χ3n) is 5.35. The van der Waals surface area contributed by atoms with Crippen molar-refractivity contribution in [1.29, 1.82) is 0 Å². The van der Waals surface area contributed by atoms with Crippen LogP contribution >= 0.6 is 0 Å². The Morgan fingerprint density at radius 2 is 1.77 bits per heavy atom. The van der Waals surface area contributed by atoms with E-state index in [1.807, 2.05) is 0 Å². The van der Waals surface area contributed by atoms with Gasteiger partial charge in [-0.3, -0.25) is 4.90 Å². The van der Waals surface area contributed by atoms with Crippen LogP contribution in [0.25, 0.3) is 10.8 Å². The van der Waals surface area contributed by atoms with E-state index in [0.717, 1.165) is 32.5 Å². The molecule has 1 N–H and O–H groups in total. The number of rotatable bonds is 2. The van der Waals surface area contributed by atoms with E-state index in [9.17, 15) is 5.11 Å². The lowest BCUT2D eigenvalue weighted by molar-refractivity contribution is -0.133. The van der Waals surface area contributed by atoms with Gasteiger partial charge in [0.15, 0.2) is 0 Å². The average molecular weight is 297 g/mol. The molecule has 0 aliphatic carbocycles. The van der Waals surface area contributed by atoms with Gasteiger partial charge in [0, 0.05) is 18.5 Å². The predicted molar refractivity (Wildman–Crippen MR) is 88.0 cm³/mol. The zero-order valence-corrected chi connectivity index (χ0v) is 13.0. The van der Waals surface area contributed by atoms with Crippen LogP contribution in [0.15, 0.2) is 42.5 Å². The molecule has 0 aromatic heterocycles. The minimum Gasteiger partial charge on any atom is -0.389 e. The number of benzene rings is 2. The lowest BCUT2D eigenvalue weighted by atomic mass is 9.78. The molecule has 116 valence electrons. The fourth-order valence-electron chi connectivity index (χ4n) is 4.11. The van der Waals surface area contributed by atoms with E-state index in [2.05, 4.69) is 54.4 Å². The van der Waals surface area contributed by atoms with Gasteiger partial charge in [0.05, 0.1) is 18.8 Å². The molecule has 2 aromatic rings. The van der Waals surface area contributed by atoms with E-state index >= 15 is 0 Å². The molecule has 22 heavy (non-hydrogen) atoms. The number of morpholine rings is 1. The van der Waals surface area contributed by atoms with Crippen molar-refractivity contribution in [2.24, 2.45) is 0 Å². The van der Waals surface area contributed by atoms with Gasteiger partial charge in [-0.1, -0.05) is 42.5 Å². The summed E-state index contributed by atoms with van der Waals surface area (Å²) in [5.74, 6) is 0. The molecule has 2 fully saturated rings. The van der Waals surface area contributed by atoms with Crippen molar-refractivity contribution >= 4 is 10.8 Å². The van der Waals surface area contributed by atoms with Gasteiger partial charge in [0.25, 0.3) is 0 Å². The van der Waals surface area contributed by atoms with E-state index in [1.165, 1.54) is 16.3 Å². The molecular formula is C19H23NO2. The highest BCUT2D eigenvalue weighted by molar-refractivity contribution is 5.83. The number of aliphatic hydroxyl groups is 1. The number of hydrogen-bond acceptors (Lipinski definition) is 3. The van der Waals surface area contributed by atoms with Crippen molar-refractivity contribution in [3.8, 4) is 0 Å². The first kappa shape index (κ1) is 14.2. The second kappa shape index (κ2) is 5.34. The van der Waals surface area contributed by atoms with Gasteiger partial charge >= 0.3 is 0 Å². The molecule has 2 unspecified atom stereocenters. The molecule has 2 aliphatic heterocycles.